The van der Waals surface area contributed by atoms with Crippen molar-refractivity contribution >= 4 is 34.7 Å². The van der Waals surface area contributed by atoms with E-state index < -0.39 is 0 Å². The molecule has 1 saturated heterocycles. The van der Waals surface area contributed by atoms with Crippen molar-refractivity contribution < 1.29 is 0 Å². The van der Waals surface area contributed by atoms with Crippen LogP contribution in [0.3, 0.4) is 0 Å². The van der Waals surface area contributed by atoms with Crippen LogP contribution in [0.5, 0.6) is 0 Å². The van der Waals surface area contributed by atoms with Gasteiger partial charge in [0.15, 0.2) is 10.2 Å². The van der Waals surface area contributed by atoms with Crippen molar-refractivity contribution in [1.82, 2.24) is 20.4 Å². The predicted octanol–water partition coefficient (Wildman–Crippen LogP) is 1.17. The molecule has 0 atom stereocenters. The van der Waals surface area contributed by atoms with Crippen molar-refractivity contribution in [3.63, 3.8) is 0 Å². The molecule has 1 fully saturated rings. The van der Waals surface area contributed by atoms with Crippen LogP contribution in [0.2, 0.25) is 0 Å². The highest BCUT2D eigenvalue weighted by Gasteiger charge is 2.19. The minimum Gasteiger partial charge on any atom is -0.363 e. The lowest BCUT2D eigenvalue weighted by atomic mass is 10.3. The molecule has 0 spiro atoms. The number of nitrogens with one attached hydrogen (secondary N) is 2. The van der Waals surface area contributed by atoms with E-state index in [1.165, 1.54) is 0 Å². The standard InChI is InChI=1S/C12H24N4S2/c1-3-5-13-11(17)15-7-9-16(10-8-15)12(18)14-6-4-2/h3-10H2,1-2H3,(H,13,17)(H,14,18). The normalized spacial score (nSPS) is 15.4. The minimum absolute atomic E-state index is 0.879. The van der Waals surface area contributed by atoms with Gasteiger partial charge in [-0.1, -0.05) is 13.8 Å². The van der Waals surface area contributed by atoms with Crippen LogP contribution in [0.4, 0.5) is 0 Å². The molecule has 1 aliphatic heterocycles. The Bertz CT molecular complexity index is 247. The van der Waals surface area contributed by atoms with Gasteiger partial charge in [0.25, 0.3) is 0 Å². The Morgan fingerprint density at radius 3 is 1.44 bits per heavy atom. The summed E-state index contributed by atoms with van der Waals surface area (Å²) in [6.07, 6.45) is 2.20. The zero-order chi connectivity index (χ0) is 13.4. The van der Waals surface area contributed by atoms with Crippen LogP contribution in [-0.2, 0) is 0 Å². The highest BCUT2D eigenvalue weighted by molar-refractivity contribution is 7.80. The Kier molecular flexibility index (Phi) is 7.27. The van der Waals surface area contributed by atoms with Crippen molar-refractivity contribution in [2.75, 3.05) is 39.3 Å². The first kappa shape index (κ1) is 15.4. The highest BCUT2D eigenvalue weighted by atomic mass is 32.1. The number of rotatable bonds is 4. The Labute approximate surface area is 121 Å². The van der Waals surface area contributed by atoms with Crippen molar-refractivity contribution in [3.8, 4) is 0 Å². The molecule has 0 aromatic carbocycles. The molecule has 0 aliphatic carbocycles. The van der Waals surface area contributed by atoms with Crippen molar-refractivity contribution in [1.29, 1.82) is 0 Å². The van der Waals surface area contributed by atoms with Gasteiger partial charge in [-0.15, -0.1) is 0 Å². The zero-order valence-electron chi connectivity index (χ0n) is 11.4. The van der Waals surface area contributed by atoms with Gasteiger partial charge in [-0.25, -0.2) is 0 Å². The van der Waals surface area contributed by atoms with Gasteiger partial charge in [-0.2, -0.15) is 0 Å². The van der Waals surface area contributed by atoms with E-state index in [1.54, 1.807) is 0 Å². The molecule has 1 heterocycles. The summed E-state index contributed by atoms with van der Waals surface area (Å²) in [5.74, 6) is 0. The second kappa shape index (κ2) is 8.48. The van der Waals surface area contributed by atoms with Crippen molar-refractivity contribution in [3.05, 3.63) is 0 Å². The predicted molar refractivity (Wildman–Crippen MR) is 84.9 cm³/mol. The van der Waals surface area contributed by atoms with Gasteiger partial charge in [0.05, 0.1) is 0 Å². The molecule has 18 heavy (non-hydrogen) atoms. The third kappa shape index (κ3) is 4.94. The SMILES string of the molecule is CCCNC(=S)N1CCN(C(=S)NCCC)CC1. The third-order valence-corrected chi connectivity index (χ3v) is 3.71. The largest absolute Gasteiger partial charge is 0.363 e. The number of thiocarbonyl (C=S) groups is 2. The maximum atomic E-state index is 5.36. The fourth-order valence-corrected chi connectivity index (χ4v) is 2.37. The topological polar surface area (TPSA) is 30.5 Å². The summed E-state index contributed by atoms with van der Waals surface area (Å²) in [5.41, 5.74) is 0. The lowest BCUT2D eigenvalue weighted by molar-refractivity contribution is 0.255. The van der Waals surface area contributed by atoms with Crippen molar-refractivity contribution in [2.45, 2.75) is 26.7 Å². The Morgan fingerprint density at radius 2 is 1.17 bits per heavy atom. The Hall–Kier alpha value is -0.620. The van der Waals surface area contributed by atoms with E-state index >= 15 is 0 Å². The first-order valence-electron chi connectivity index (χ1n) is 6.74. The quantitative estimate of drug-likeness (QED) is 0.755. The van der Waals surface area contributed by atoms with Gasteiger partial charge in [0.1, 0.15) is 0 Å². The third-order valence-electron chi connectivity index (χ3n) is 2.91. The molecule has 2 N–H and O–H groups in total. The van der Waals surface area contributed by atoms with Crippen LogP contribution in [0, 0.1) is 0 Å². The van der Waals surface area contributed by atoms with Gasteiger partial charge in [-0.05, 0) is 37.3 Å². The molecule has 0 bridgehead atoms. The van der Waals surface area contributed by atoms with E-state index in [2.05, 4.69) is 34.3 Å². The molecule has 1 rings (SSSR count). The second-order valence-corrected chi connectivity index (χ2v) is 5.21. The summed E-state index contributed by atoms with van der Waals surface area (Å²) in [5, 5.41) is 8.30. The number of hydrogen-bond acceptors (Lipinski definition) is 2. The number of hydrogen-bond donors (Lipinski definition) is 2. The molecule has 6 heteroatoms. The maximum absolute atomic E-state index is 5.36. The molecule has 4 nitrogen and oxygen atoms in total. The van der Waals surface area contributed by atoms with Crippen molar-refractivity contribution in [2.24, 2.45) is 0 Å². The van der Waals surface area contributed by atoms with Crippen LogP contribution in [-0.4, -0.2) is 59.3 Å². The van der Waals surface area contributed by atoms with Crippen LogP contribution in [0.25, 0.3) is 0 Å². The highest BCUT2D eigenvalue weighted by Crippen LogP contribution is 2.03. The molecule has 0 unspecified atom stereocenters. The van der Waals surface area contributed by atoms with Crippen LogP contribution >= 0.6 is 24.4 Å². The Morgan fingerprint density at radius 1 is 0.833 bits per heavy atom. The molecule has 1 aliphatic rings. The van der Waals surface area contributed by atoms with Gasteiger partial charge in [0.2, 0.25) is 0 Å². The van der Waals surface area contributed by atoms with E-state index in [0.717, 1.165) is 62.3 Å². The van der Waals surface area contributed by atoms with E-state index in [4.69, 9.17) is 24.4 Å². The van der Waals surface area contributed by atoms with Gasteiger partial charge in [-0.3, -0.25) is 0 Å². The summed E-state index contributed by atoms with van der Waals surface area (Å²) in [4.78, 5) is 4.45. The maximum Gasteiger partial charge on any atom is 0.169 e. The smallest absolute Gasteiger partial charge is 0.169 e. The average molecular weight is 288 g/mol. The first-order valence-corrected chi connectivity index (χ1v) is 7.56. The first-order chi connectivity index (χ1) is 8.69. The minimum atomic E-state index is 0.879. The summed E-state index contributed by atoms with van der Waals surface area (Å²) in [6, 6.07) is 0. The number of nitrogens with zero attached hydrogens (tertiary/aromatic N) is 2. The molecular weight excluding hydrogens is 264 g/mol. The molecule has 0 aromatic rings. The molecule has 0 amide bonds. The molecule has 0 aromatic heterocycles. The molecule has 0 radical (unpaired) electrons. The Balaban J connectivity index is 2.27. The summed E-state index contributed by atoms with van der Waals surface area (Å²) in [7, 11) is 0. The fraction of sp³-hybridized carbons (Fsp3) is 0.833. The van der Waals surface area contributed by atoms with E-state index in [9.17, 15) is 0 Å². The van der Waals surface area contributed by atoms with Gasteiger partial charge >= 0.3 is 0 Å². The lowest BCUT2D eigenvalue weighted by Gasteiger charge is -2.37. The van der Waals surface area contributed by atoms with Gasteiger partial charge in [0, 0.05) is 39.3 Å². The summed E-state index contributed by atoms with van der Waals surface area (Å²) >= 11 is 10.7. The van der Waals surface area contributed by atoms with E-state index in [1.807, 2.05) is 0 Å². The average Bonchev–Trinajstić information content (AvgIpc) is 2.42. The zero-order valence-corrected chi connectivity index (χ0v) is 13.0. The van der Waals surface area contributed by atoms with Gasteiger partial charge < -0.3 is 20.4 Å². The molecule has 0 saturated carbocycles. The van der Waals surface area contributed by atoms with E-state index in [-0.39, 0.29) is 0 Å². The fourth-order valence-electron chi connectivity index (χ4n) is 1.80. The van der Waals surface area contributed by atoms with E-state index in [0.29, 0.717) is 0 Å². The molecule has 104 valence electrons. The summed E-state index contributed by atoms with van der Waals surface area (Å²) < 4.78 is 0. The van der Waals surface area contributed by atoms with Crippen LogP contribution < -0.4 is 10.6 Å². The monoisotopic (exact) mass is 288 g/mol. The number of piperazine rings is 1. The summed E-state index contributed by atoms with van der Waals surface area (Å²) in [6.45, 7) is 9.99. The lowest BCUT2D eigenvalue weighted by Crippen LogP contribution is -2.55. The van der Waals surface area contributed by atoms with Crippen LogP contribution in [0.15, 0.2) is 0 Å². The van der Waals surface area contributed by atoms with Crippen LogP contribution in [0.1, 0.15) is 26.7 Å². The second-order valence-electron chi connectivity index (χ2n) is 4.44. The molecular formula is C12H24N4S2.